The molecule has 92 valence electrons. The Morgan fingerprint density at radius 3 is 2.65 bits per heavy atom. The first kappa shape index (κ1) is 12.2. The number of aryl methyl sites for hydroxylation is 1. The summed E-state index contributed by atoms with van der Waals surface area (Å²) in [6, 6.07) is 6.30. The van der Waals surface area contributed by atoms with Gasteiger partial charge >= 0.3 is 5.97 Å². The van der Waals surface area contributed by atoms with Crippen LogP contribution in [0.25, 0.3) is 0 Å². The molecule has 2 heteroatoms. The zero-order valence-corrected chi connectivity index (χ0v) is 10.8. The van der Waals surface area contributed by atoms with Gasteiger partial charge in [-0.25, -0.2) is 0 Å². The van der Waals surface area contributed by atoms with Crippen LogP contribution in [0.5, 0.6) is 0 Å². The van der Waals surface area contributed by atoms with E-state index in [0.29, 0.717) is 0 Å². The van der Waals surface area contributed by atoms with Gasteiger partial charge in [0.05, 0.1) is 5.92 Å². The number of hydrogen-bond donors (Lipinski definition) is 1. The van der Waals surface area contributed by atoms with Gasteiger partial charge < -0.3 is 5.11 Å². The van der Waals surface area contributed by atoms with Gasteiger partial charge in [-0.1, -0.05) is 39.0 Å². The van der Waals surface area contributed by atoms with Crippen molar-refractivity contribution in [1.82, 2.24) is 0 Å². The summed E-state index contributed by atoms with van der Waals surface area (Å²) in [6.07, 6.45) is 2.78. The molecular weight excluding hydrogens is 212 g/mol. The molecule has 2 rings (SSSR count). The minimum Gasteiger partial charge on any atom is -0.481 e. The Kier molecular flexibility index (Phi) is 2.98. The number of carboxylic acids is 1. The third kappa shape index (κ3) is 2.36. The number of rotatable bonds is 1. The second kappa shape index (κ2) is 4.17. The Bertz CT molecular complexity index is 441. The summed E-state index contributed by atoms with van der Waals surface area (Å²) in [5.41, 5.74) is 3.68. The summed E-state index contributed by atoms with van der Waals surface area (Å²) in [5, 5.41) is 9.21. The van der Waals surface area contributed by atoms with Crippen LogP contribution in [0.4, 0.5) is 0 Å². The number of benzene rings is 1. The lowest BCUT2D eigenvalue weighted by Crippen LogP contribution is -2.19. The maximum Gasteiger partial charge on any atom is 0.310 e. The Labute approximate surface area is 103 Å². The smallest absolute Gasteiger partial charge is 0.310 e. The van der Waals surface area contributed by atoms with Gasteiger partial charge in [0.2, 0.25) is 0 Å². The Morgan fingerprint density at radius 1 is 1.35 bits per heavy atom. The highest BCUT2D eigenvalue weighted by Gasteiger charge is 2.27. The second-order valence-corrected chi connectivity index (χ2v) is 5.95. The number of fused-ring (bicyclic) bond motifs is 1. The largest absolute Gasteiger partial charge is 0.481 e. The predicted octanol–water partition coefficient (Wildman–Crippen LogP) is 3.49. The Hall–Kier alpha value is -1.31. The molecule has 0 aliphatic heterocycles. The maximum atomic E-state index is 11.2. The van der Waals surface area contributed by atoms with Crippen molar-refractivity contribution >= 4 is 5.97 Å². The Morgan fingerprint density at radius 2 is 2.06 bits per heavy atom. The second-order valence-electron chi connectivity index (χ2n) is 5.95. The van der Waals surface area contributed by atoms with Gasteiger partial charge in [0.1, 0.15) is 0 Å². The lowest BCUT2D eigenvalue weighted by atomic mass is 9.78. The van der Waals surface area contributed by atoms with Crippen LogP contribution in [0.15, 0.2) is 18.2 Å². The highest BCUT2D eigenvalue weighted by molar-refractivity contribution is 5.77. The van der Waals surface area contributed by atoms with Crippen molar-refractivity contribution in [3.05, 3.63) is 34.9 Å². The van der Waals surface area contributed by atoms with Crippen molar-refractivity contribution in [2.45, 2.75) is 51.4 Å². The molecule has 0 saturated heterocycles. The van der Waals surface area contributed by atoms with E-state index in [0.717, 1.165) is 24.8 Å². The summed E-state index contributed by atoms with van der Waals surface area (Å²) in [4.78, 5) is 11.2. The lowest BCUT2D eigenvalue weighted by molar-refractivity contribution is -0.139. The van der Waals surface area contributed by atoms with E-state index in [-0.39, 0.29) is 11.3 Å². The van der Waals surface area contributed by atoms with Gasteiger partial charge in [-0.15, -0.1) is 0 Å². The molecule has 1 aromatic carbocycles. The van der Waals surface area contributed by atoms with Crippen LogP contribution in [0, 0.1) is 0 Å². The third-order valence-corrected chi connectivity index (χ3v) is 3.62. The van der Waals surface area contributed by atoms with Crippen LogP contribution in [0.3, 0.4) is 0 Å². The number of carboxylic acid groups (broad SMARTS) is 1. The first-order valence-corrected chi connectivity index (χ1v) is 6.25. The van der Waals surface area contributed by atoms with E-state index >= 15 is 0 Å². The van der Waals surface area contributed by atoms with Gasteiger partial charge in [0, 0.05) is 0 Å². The van der Waals surface area contributed by atoms with Crippen molar-refractivity contribution in [1.29, 1.82) is 0 Å². The molecule has 1 aliphatic carbocycles. The first-order valence-electron chi connectivity index (χ1n) is 6.25. The van der Waals surface area contributed by atoms with Gasteiger partial charge in [-0.05, 0) is 41.4 Å². The van der Waals surface area contributed by atoms with Crippen LogP contribution in [-0.4, -0.2) is 11.1 Å². The van der Waals surface area contributed by atoms with E-state index in [1.54, 1.807) is 0 Å². The maximum absolute atomic E-state index is 11.2. The molecule has 0 fully saturated rings. The van der Waals surface area contributed by atoms with Crippen LogP contribution >= 0.6 is 0 Å². The van der Waals surface area contributed by atoms with Crippen molar-refractivity contribution in [3.63, 3.8) is 0 Å². The van der Waals surface area contributed by atoms with Crippen molar-refractivity contribution in [2.75, 3.05) is 0 Å². The number of hydrogen-bond acceptors (Lipinski definition) is 1. The molecule has 1 aromatic rings. The quantitative estimate of drug-likeness (QED) is 0.804. The molecule has 0 heterocycles. The molecule has 2 nitrogen and oxygen atoms in total. The minimum atomic E-state index is -0.686. The molecular formula is C15H20O2. The fourth-order valence-corrected chi connectivity index (χ4v) is 2.54. The zero-order valence-electron chi connectivity index (χ0n) is 10.8. The summed E-state index contributed by atoms with van der Waals surface area (Å²) in [7, 11) is 0. The molecule has 1 atom stereocenters. The standard InChI is InChI=1S/C15H20O2/c1-15(2,3)11-7-8-12-10(9-11)5-4-6-13(12)14(16)17/h7-9,13H,4-6H2,1-3H3,(H,16,17). The molecule has 0 saturated carbocycles. The SMILES string of the molecule is CC(C)(C)c1ccc2c(c1)CCCC2C(=O)O. The van der Waals surface area contributed by atoms with E-state index in [1.807, 2.05) is 6.07 Å². The molecule has 17 heavy (non-hydrogen) atoms. The molecule has 1 unspecified atom stereocenters. The molecule has 1 N–H and O–H groups in total. The average molecular weight is 232 g/mol. The number of aliphatic carboxylic acids is 1. The molecule has 0 aromatic heterocycles. The highest BCUT2D eigenvalue weighted by atomic mass is 16.4. The van der Waals surface area contributed by atoms with Gasteiger partial charge in [-0.3, -0.25) is 4.79 Å². The topological polar surface area (TPSA) is 37.3 Å². The van der Waals surface area contributed by atoms with Crippen LogP contribution in [0.2, 0.25) is 0 Å². The van der Waals surface area contributed by atoms with Gasteiger partial charge in [0.25, 0.3) is 0 Å². The van der Waals surface area contributed by atoms with Gasteiger partial charge in [-0.2, -0.15) is 0 Å². The first-order chi connectivity index (χ1) is 7.89. The summed E-state index contributed by atoms with van der Waals surface area (Å²) in [5.74, 6) is -0.984. The van der Waals surface area contributed by atoms with Gasteiger partial charge in [0.15, 0.2) is 0 Å². The highest BCUT2D eigenvalue weighted by Crippen LogP contribution is 2.34. The molecule has 1 aliphatic rings. The minimum absolute atomic E-state index is 0.130. The van der Waals surface area contributed by atoms with E-state index in [9.17, 15) is 9.90 Å². The zero-order chi connectivity index (χ0) is 12.6. The number of carbonyl (C=O) groups is 1. The molecule has 0 spiro atoms. The van der Waals surface area contributed by atoms with Crippen molar-refractivity contribution in [2.24, 2.45) is 0 Å². The van der Waals surface area contributed by atoms with Crippen molar-refractivity contribution in [3.8, 4) is 0 Å². The fraction of sp³-hybridized carbons (Fsp3) is 0.533. The average Bonchev–Trinajstić information content (AvgIpc) is 2.26. The summed E-state index contributed by atoms with van der Waals surface area (Å²) < 4.78 is 0. The van der Waals surface area contributed by atoms with E-state index in [4.69, 9.17) is 0 Å². The fourth-order valence-electron chi connectivity index (χ4n) is 2.54. The van der Waals surface area contributed by atoms with E-state index in [1.165, 1.54) is 11.1 Å². The van der Waals surface area contributed by atoms with Crippen LogP contribution < -0.4 is 0 Å². The normalized spacial score (nSPS) is 19.8. The van der Waals surface area contributed by atoms with E-state index in [2.05, 4.69) is 32.9 Å². The monoisotopic (exact) mass is 232 g/mol. The summed E-state index contributed by atoms with van der Waals surface area (Å²) >= 11 is 0. The summed E-state index contributed by atoms with van der Waals surface area (Å²) in [6.45, 7) is 6.56. The Balaban J connectivity index is 2.43. The lowest BCUT2D eigenvalue weighted by Gasteiger charge is -2.26. The third-order valence-electron chi connectivity index (χ3n) is 3.62. The molecule has 0 amide bonds. The molecule has 0 radical (unpaired) electrons. The van der Waals surface area contributed by atoms with E-state index < -0.39 is 5.97 Å². The molecule has 0 bridgehead atoms. The van der Waals surface area contributed by atoms with Crippen molar-refractivity contribution < 1.29 is 9.90 Å². The predicted molar refractivity (Wildman–Crippen MR) is 68.5 cm³/mol. The van der Waals surface area contributed by atoms with Crippen LogP contribution in [0.1, 0.15) is 56.2 Å². The van der Waals surface area contributed by atoms with Crippen LogP contribution in [-0.2, 0) is 16.6 Å².